The van der Waals surface area contributed by atoms with Gasteiger partial charge in [-0.05, 0) is 36.6 Å². The molecule has 2 heterocycles. The van der Waals surface area contributed by atoms with Crippen LogP contribution < -0.4 is 11.0 Å². The van der Waals surface area contributed by atoms with E-state index in [1.165, 1.54) is 29.1 Å². The number of hydrogen-bond acceptors (Lipinski definition) is 5. The molecular formula is C19H23FN4O3. The molecule has 1 aliphatic rings. The Bertz CT molecular complexity index is 829. The summed E-state index contributed by atoms with van der Waals surface area (Å²) in [6.07, 6.45) is 4.02. The third-order valence-electron chi connectivity index (χ3n) is 4.91. The Morgan fingerprint density at radius 2 is 1.96 bits per heavy atom. The van der Waals surface area contributed by atoms with Crippen LogP contribution in [0.1, 0.15) is 18.4 Å². The van der Waals surface area contributed by atoms with Crippen LogP contribution in [-0.4, -0.2) is 51.6 Å². The predicted octanol–water partition coefficient (Wildman–Crippen LogP) is 0.482. The van der Waals surface area contributed by atoms with E-state index in [-0.39, 0.29) is 18.3 Å². The van der Waals surface area contributed by atoms with E-state index < -0.39 is 11.3 Å². The molecule has 1 aromatic carbocycles. The molecule has 7 nitrogen and oxygen atoms in total. The molecule has 8 heteroatoms. The average molecular weight is 374 g/mol. The number of halogens is 1. The molecule has 1 saturated heterocycles. The third-order valence-corrected chi connectivity index (χ3v) is 4.91. The van der Waals surface area contributed by atoms with Crippen LogP contribution in [0.25, 0.3) is 0 Å². The number of nitrogens with one attached hydrogen (secondary N) is 1. The number of carbonyl (C=O) groups is 1. The van der Waals surface area contributed by atoms with E-state index in [0.29, 0.717) is 39.0 Å². The van der Waals surface area contributed by atoms with Crippen LogP contribution in [0.15, 0.2) is 47.5 Å². The summed E-state index contributed by atoms with van der Waals surface area (Å²) in [7, 11) is 0. The number of aromatic nitrogens is 2. The number of carbonyl (C=O) groups excluding carboxylic acids is 1. The summed E-state index contributed by atoms with van der Waals surface area (Å²) < 4.78 is 14.3. The Hall–Kier alpha value is -2.58. The first-order chi connectivity index (χ1) is 13.0. The van der Waals surface area contributed by atoms with Crippen LogP contribution in [0.2, 0.25) is 0 Å². The number of hydrogen-bond donors (Lipinski definition) is 2. The normalized spacial score (nSPS) is 16.8. The second kappa shape index (κ2) is 8.41. The molecule has 2 N–H and O–H groups in total. The molecule has 0 unspecified atom stereocenters. The van der Waals surface area contributed by atoms with Crippen molar-refractivity contribution in [2.75, 3.05) is 26.2 Å². The lowest BCUT2D eigenvalue weighted by atomic mass is 9.84. The van der Waals surface area contributed by atoms with E-state index in [0.717, 1.165) is 5.56 Å². The second-order valence-electron chi connectivity index (χ2n) is 6.76. The van der Waals surface area contributed by atoms with Crippen molar-refractivity contribution in [2.45, 2.75) is 25.0 Å². The van der Waals surface area contributed by atoms with Gasteiger partial charge in [0, 0.05) is 38.6 Å². The zero-order valence-corrected chi connectivity index (χ0v) is 15.0. The fourth-order valence-corrected chi connectivity index (χ4v) is 3.27. The highest BCUT2D eigenvalue weighted by Crippen LogP contribution is 2.32. The van der Waals surface area contributed by atoms with Crippen LogP contribution in [0.5, 0.6) is 0 Å². The van der Waals surface area contributed by atoms with Crippen molar-refractivity contribution in [3.8, 4) is 0 Å². The third kappa shape index (κ3) is 4.99. The van der Waals surface area contributed by atoms with Gasteiger partial charge in [0.15, 0.2) is 0 Å². The van der Waals surface area contributed by atoms with E-state index in [2.05, 4.69) is 15.2 Å². The Kier molecular flexibility index (Phi) is 5.98. The molecule has 144 valence electrons. The van der Waals surface area contributed by atoms with E-state index in [4.69, 9.17) is 0 Å². The van der Waals surface area contributed by atoms with Crippen LogP contribution in [0.4, 0.5) is 4.39 Å². The van der Waals surface area contributed by atoms with Gasteiger partial charge in [-0.1, -0.05) is 12.1 Å². The summed E-state index contributed by atoms with van der Waals surface area (Å²) in [6.45, 7) is 2.44. The largest absolute Gasteiger partial charge is 0.385 e. The highest BCUT2D eigenvalue weighted by Gasteiger charge is 2.33. The standard InChI is InChI=1S/C19H23FN4O3/c20-16-4-2-15(3-5-16)19(27)6-11-23(12-7-19)13-9-21-17(25)14-24-10-1-8-22-18(24)26/h1-5,8,10,27H,6-7,9,11-14H2,(H,21,25). The maximum absolute atomic E-state index is 13.1. The van der Waals surface area contributed by atoms with Crippen LogP contribution in [-0.2, 0) is 16.9 Å². The van der Waals surface area contributed by atoms with Gasteiger partial charge in [0.2, 0.25) is 5.91 Å². The number of aliphatic hydroxyl groups is 1. The predicted molar refractivity (Wildman–Crippen MR) is 97.5 cm³/mol. The van der Waals surface area contributed by atoms with Gasteiger partial charge in [0.1, 0.15) is 12.4 Å². The van der Waals surface area contributed by atoms with Crippen molar-refractivity contribution in [1.82, 2.24) is 19.8 Å². The van der Waals surface area contributed by atoms with Crippen molar-refractivity contribution >= 4 is 5.91 Å². The molecule has 3 rings (SSSR count). The van der Waals surface area contributed by atoms with E-state index >= 15 is 0 Å². The molecule has 1 aromatic heterocycles. The zero-order valence-electron chi connectivity index (χ0n) is 15.0. The molecule has 0 radical (unpaired) electrons. The fourth-order valence-electron chi connectivity index (χ4n) is 3.27. The molecule has 0 bridgehead atoms. The van der Waals surface area contributed by atoms with Crippen LogP contribution in [0, 0.1) is 5.82 Å². The van der Waals surface area contributed by atoms with Gasteiger partial charge in [-0.25, -0.2) is 14.2 Å². The molecule has 1 amide bonds. The first kappa shape index (κ1) is 19.2. The first-order valence-electron chi connectivity index (χ1n) is 8.95. The minimum Gasteiger partial charge on any atom is -0.385 e. The summed E-state index contributed by atoms with van der Waals surface area (Å²) in [5.41, 5.74) is -0.655. The number of amides is 1. The monoisotopic (exact) mass is 374 g/mol. The molecule has 0 saturated carbocycles. The van der Waals surface area contributed by atoms with Gasteiger partial charge in [-0.15, -0.1) is 0 Å². The summed E-state index contributed by atoms with van der Waals surface area (Å²) in [6, 6.07) is 7.59. The summed E-state index contributed by atoms with van der Waals surface area (Å²) in [4.78, 5) is 29.2. The molecule has 27 heavy (non-hydrogen) atoms. The minimum atomic E-state index is -0.936. The minimum absolute atomic E-state index is 0.0585. The molecule has 1 fully saturated rings. The Morgan fingerprint density at radius 3 is 2.63 bits per heavy atom. The van der Waals surface area contributed by atoms with Gasteiger partial charge >= 0.3 is 5.69 Å². The topological polar surface area (TPSA) is 87.5 Å². The van der Waals surface area contributed by atoms with Crippen molar-refractivity contribution in [3.63, 3.8) is 0 Å². The molecule has 0 atom stereocenters. The lowest BCUT2D eigenvalue weighted by Crippen LogP contribution is -2.45. The van der Waals surface area contributed by atoms with Crippen LogP contribution >= 0.6 is 0 Å². The molecule has 0 aliphatic carbocycles. The average Bonchev–Trinajstić information content (AvgIpc) is 2.66. The number of nitrogens with zero attached hydrogens (tertiary/aromatic N) is 3. The van der Waals surface area contributed by atoms with Gasteiger partial charge in [0.25, 0.3) is 0 Å². The molecule has 1 aliphatic heterocycles. The van der Waals surface area contributed by atoms with Crippen LogP contribution in [0.3, 0.4) is 0 Å². The number of rotatable bonds is 6. The Balaban J connectivity index is 1.42. The van der Waals surface area contributed by atoms with E-state index in [9.17, 15) is 19.1 Å². The Labute approximate surface area is 156 Å². The lowest BCUT2D eigenvalue weighted by Gasteiger charge is -2.38. The quantitative estimate of drug-likeness (QED) is 0.768. The van der Waals surface area contributed by atoms with Crippen molar-refractivity contribution in [1.29, 1.82) is 0 Å². The van der Waals surface area contributed by atoms with Gasteiger partial charge in [0.05, 0.1) is 5.60 Å². The lowest BCUT2D eigenvalue weighted by molar-refractivity contribution is -0.121. The number of piperidine rings is 1. The molecular weight excluding hydrogens is 351 g/mol. The maximum atomic E-state index is 13.1. The summed E-state index contributed by atoms with van der Waals surface area (Å²) in [5.74, 6) is -0.561. The van der Waals surface area contributed by atoms with E-state index in [1.807, 2.05) is 0 Å². The fraction of sp³-hybridized carbons (Fsp3) is 0.421. The highest BCUT2D eigenvalue weighted by molar-refractivity contribution is 5.75. The van der Waals surface area contributed by atoms with Crippen molar-refractivity contribution in [3.05, 3.63) is 64.6 Å². The molecule has 2 aromatic rings. The van der Waals surface area contributed by atoms with E-state index in [1.54, 1.807) is 18.2 Å². The summed E-state index contributed by atoms with van der Waals surface area (Å²) in [5, 5.41) is 13.6. The van der Waals surface area contributed by atoms with Gasteiger partial charge < -0.3 is 15.3 Å². The van der Waals surface area contributed by atoms with Crippen molar-refractivity contribution < 1.29 is 14.3 Å². The molecule has 0 spiro atoms. The van der Waals surface area contributed by atoms with Gasteiger partial charge in [-0.2, -0.15) is 0 Å². The summed E-state index contributed by atoms with van der Waals surface area (Å²) >= 11 is 0. The number of benzene rings is 1. The smallest absolute Gasteiger partial charge is 0.347 e. The first-order valence-corrected chi connectivity index (χ1v) is 8.95. The van der Waals surface area contributed by atoms with Gasteiger partial charge in [-0.3, -0.25) is 9.36 Å². The Morgan fingerprint density at radius 1 is 1.26 bits per heavy atom. The maximum Gasteiger partial charge on any atom is 0.347 e. The number of likely N-dealkylation sites (tertiary alicyclic amines) is 1. The second-order valence-corrected chi connectivity index (χ2v) is 6.76. The van der Waals surface area contributed by atoms with Crippen molar-refractivity contribution in [2.24, 2.45) is 0 Å². The SMILES string of the molecule is O=C(Cn1cccnc1=O)NCCN1CCC(O)(c2ccc(F)cc2)CC1. The zero-order chi connectivity index (χ0) is 19.3. The highest BCUT2D eigenvalue weighted by atomic mass is 19.1.